The summed E-state index contributed by atoms with van der Waals surface area (Å²) in [6, 6.07) is 7.80. The second-order valence-electron chi connectivity index (χ2n) is 6.47. The lowest BCUT2D eigenvalue weighted by Crippen LogP contribution is -2.41. The molecule has 2 heterocycles. The summed E-state index contributed by atoms with van der Waals surface area (Å²) in [5.74, 6) is 2.15. The van der Waals surface area contributed by atoms with Crippen LogP contribution in [0.25, 0.3) is 0 Å². The fourth-order valence-corrected chi connectivity index (χ4v) is 3.19. The number of aromatic amines is 1. The molecule has 25 heavy (non-hydrogen) atoms. The Morgan fingerprint density at radius 3 is 2.72 bits per heavy atom. The van der Waals surface area contributed by atoms with Gasteiger partial charge in [-0.3, -0.25) is 4.79 Å². The molecule has 6 nitrogen and oxygen atoms in total. The highest BCUT2D eigenvalue weighted by molar-refractivity contribution is 5.78. The number of benzene rings is 1. The predicted octanol–water partition coefficient (Wildman–Crippen LogP) is 1.99. The molecular weight excluding hydrogens is 316 g/mol. The van der Waals surface area contributed by atoms with Crippen LogP contribution in [-0.4, -0.2) is 47.5 Å². The molecule has 0 aliphatic carbocycles. The Hall–Kier alpha value is -2.34. The number of piperidine rings is 1. The standard InChI is InChI=1S/C19H26N4O2/c1-25-17-4-2-15(3-5-17)14-22-19(24)16-6-11-23(12-7-16)13-8-18-20-9-10-21-18/h2-5,9-10,16H,6-8,11-14H2,1H3,(H,20,21)(H,22,24). The number of hydrogen-bond donors (Lipinski definition) is 2. The molecule has 134 valence electrons. The van der Waals surface area contributed by atoms with Gasteiger partial charge < -0.3 is 19.9 Å². The summed E-state index contributed by atoms with van der Waals surface area (Å²) in [5, 5.41) is 3.06. The molecule has 1 amide bonds. The Morgan fingerprint density at radius 2 is 2.08 bits per heavy atom. The lowest BCUT2D eigenvalue weighted by Gasteiger charge is -2.31. The Kier molecular flexibility index (Phi) is 6.06. The maximum Gasteiger partial charge on any atom is 0.223 e. The molecule has 1 aliphatic rings. The molecule has 2 aromatic rings. The minimum absolute atomic E-state index is 0.123. The first-order valence-electron chi connectivity index (χ1n) is 8.86. The normalized spacial score (nSPS) is 15.9. The molecule has 1 aliphatic heterocycles. The van der Waals surface area contributed by atoms with Gasteiger partial charge in [0.2, 0.25) is 5.91 Å². The number of imidazole rings is 1. The summed E-state index contributed by atoms with van der Waals surface area (Å²) < 4.78 is 5.15. The fraction of sp³-hybridized carbons (Fsp3) is 0.474. The van der Waals surface area contributed by atoms with E-state index in [1.807, 2.05) is 30.5 Å². The highest BCUT2D eigenvalue weighted by Crippen LogP contribution is 2.18. The van der Waals surface area contributed by atoms with E-state index in [2.05, 4.69) is 20.2 Å². The summed E-state index contributed by atoms with van der Waals surface area (Å²) in [6.07, 6.45) is 6.42. The van der Waals surface area contributed by atoms with Gasteiger partial charge >= 0.3 is 0 Å². The van der Waals surface area contributed by atoms with Crippen LogP contribution in [0.1, 0.15) is 24.2 Å². The van der Waals surface area contributed by atoms with Gasteiger partial charge in [-0.1, -0.05) is 12.1 Å². The van der Waals surface area contributed by atoms with Crippen molar-refractivity contribution in [2.75, 3.05) is 26.7 Å². The van der Waals surface area contributed by atoms with Crippen LogP contribution >= 0.6 is 0 Å². The van der Waals surface area contributed by atoms with Gasteiger partial charge in [-0.25, -0.2) is 4.98 Å². The number of hydrogen-bond acceptors (Lipinski definition) is 4. The molecular formula is C19H26N4O2. The van der Waals surface area contributed by atoms with Gasteiger partial charge in [0, 0.05) is 37.8 Å². The molecule has 1 saturated heterocycles. The largest absolute Gasteiger partial charge is 0.497 e. The van der Waals surface area contributed by atoms with Crippen LogP contribution in [0.3, 0.4) is 0 Å². The van der Waals surface area contributed by atoms with E-state index in [9.17, 15) is 4.79 Å². The fourth-order valence-electron chi connectivity index (χ4n) is 3.19. The van der Waals surface area contributed by atoms with E-state index < -0.39 is 0 Å². The number of likely N-dealkylation sites (tertiary alicyclic amines) is 1. The first-order valence-corrected chi connectivity index (χ1v) is 8.86. The van der Waals surface area contributed by atoms with Crippen molar-refractivity contribution in [1.82, 2.24) is 20.2 Å². The van der Waals surface area contributed by atoms with Crippen LogP contribution in [0.15, 0.2) is 36.7 Å². The van der Waals surface area contributed by atoms with E-state index in [4.69, 9.17) is 4.74 Å². The van der Waals surface area contributed by atoms with Crippen molar-refractivity contribution in [2.45, 2.75) is 25.8 Å². The van der Waals surface area contributed by atoms with Crippen LogP contribution in [0.5, 0.6) is 5.75 Å². The molecule has 1 aromatic heterocycles. The van der Waals surface area contributed by atoms with Crippen molar-refractivity contribution < 1.29 is 9.53 Å². The van der Waals surface area contributed by atoms with E-state index in [-0.39, 0.29) is 11.8 Å². The summed E-state index contributed by atoms with van der Waals surface area (Å²) in [6.45, 7) is 3.51. The van der Waals surface area contributed by atoms with Gasteiger partial charge in [0.1, 0.15) is 11.6 Å². The van der Waals surface area contributed by atoms with Crippen LogP contribution in [0.4, 0.5) is 0 Å². The van der Waals surface area contributed by atoms with Crippen molar-refractivity contribution in [3.8, 4) is 5.75 Å². The Labute approximate surface area is 148 Å². The maximum absolute atomic E-state index is 12.4. The molecule has 3 rings (SSSR count). The molecule has 0 atom stereocenters. The van der Waals surface area contributed by atoms with Crippen molar-refractivity contribution in [1.29, 1.82) is 0 Å². The van der Waals surface area contributed by atoms with E-state index in [0.29, 0.717) is 6.54 Å². The SMILES string of the molecule is COc1ccc(CNC(=O)C2CCN(CCc3ncc[nH]3)CC2)cc1. The van der Waals surface area contributed by atoms with Gasteiger partial charge in [-0.2, -0.15) is 0 Å². The highest BCUT2D eigenvalue weighted by atomic mass is 16.5. The predicted molar refractivity (Wildman–Crippen MR) is 96.3 cm³/mol. The minimum Gasteiger partial charge on any atom is -0.497 e. The number of H-pyrrole nitrogens is 1. The quantitative estimate of drug-likeness (QED) is 0.807. The molecule has 0 unspecified atom stereocenters. The molecule has 0 saturated carbocycles. The number of carbonyl (C=O) groups excluding carboxylic acids is 1. The van der Waals surface area contributed by atoms with Crippen molar-refractivity contribution in [2.24, 2.45) is 5.92 Å². The zero-order valence-electron chi connectivity index (χ0n) is 14.7. The van der Waals surface area contributed by atoms with E-state index >= 15 is 0 Å². The number of rotatable bonds is 7. The second kappa shape index (κ2) is 8.67. The van der Waals surface area contributed by atoms with Crippen molar-refractivity contribution >= 4 is 5.91 Å². The first kappa shape index (κ1) is 17.5. The zero-order chi connectivity index (χ0) is 17.5. The lowest BCUT2D eigenvalue weighted by atomic mass is 9.95. The van der Waals surface area contributed by atoms with E-state index in [0.717, 1.165) is 56.0 Å². The smallest absolute Gasteiger partial charge is 0.223 e. The monoisotopic (exact) mass is 342 g/mol. The second-order valence-corrected chi connectivity index (χ2v) is 6.47. The lowest BCUT2D eigenvalue weighted by molar-refractivity contribution is -0.126. The molecule has 0 spiro atoms. The third kappa shape index (κ3) is 5.06. The number of nitrogens with zero attached hydrogens (tertiary/aromatic N) is 2. The van der Waals surface area contributed by atoms with Crippen LogP contribution in [-0.2, 0) is 17.8 Å². The number of methoxy groups -OCH3 is 1. The van der Waals surface area contributed by atoms with E-state index in [1.54, 1.807) is 13.3 Å². The third-order valence-corrected chi connectivity index (χ3v) is 4.80. The summed E-state index contributed by atoms with van der Waals surface area (Å²) in [5.41, 5.74) is 1.09. The van der Waals surface area contributed by atoms with Gasteiger partial charge in [0.05, 0.1) is 7.11 Å². The van der Waals surface area contributed by atoms with Gasteiger partial charge in [0.25, 0.3) is 0 Å². The Bertz CT molecular complexity index is 647. The third-order valence-electron chi connectivity index (χ3n) is 4.80. The number of nitrogens with one attached hydrogen (secondary N) is 2. The van der Waals surface area contributed by atoms with Crippen molar-refractivity contribution in [3.05, 3.63) is 48.0 Å². The molecule has 2 N–H and O–H groups in total. The van der Waals surface area contributed by atoms with Gasteiger partial charge in [0.15, 0.2) is 0 Å². The molecule has 0 radical (unpaired) electrons. The minimum atomic E-state index is 0.123. The summed E-state index contributed by atoms with van der Waals surface area (Å²) >= 11 is 0. The van der Waals surface area contributed by atoms with Gasteiger partial charge in [-0.05, 0) is 43.6 Å². The average molecular weight is 342 g/mol. The van der Waals surface area contributed by atoms with Crippen LogP contribution in [0, 0.1) is 5.92 Å². The first-order chi connectivity index (χ1) is 12.2. The van der Waals surface area contributed by atoms with Gasteiger partial charge in [-0.15, -0.1) is 0 Å². The molecule has 0 bridgehead atoms. The Balaban J connectivity index is 1.37. The van der Waals surface area contributed by atoms with Crippen LogP contribution in [0.2, 0.25) is 0 Å². The highest BCUT2D eigenvalue weighted by Gasteiger charge is 2.24. The summed E-state index contributed by atoms with van der Waals surface area (Å²) in [4.78, 5) is 22.2. The summed E-state index contributed by atoms with van der Waals surface area (Å²) in [7, 11) is 1.65. The average Bonchev–Trinajstić information content (AvgIpc) is 3.19. The van der Waals surface area contributed by atoms with Crippen molar-refractivity contribution in [3.63, 3.8) is 0 Å². The number of ether oxygens (including phenoxy) is 1. The topological polar surface area (TPSA) is 70.2 Å². The maximum atomic E-state index is 12.4. The number of aromatic nitrogens is 2. The molecule has 6 heteroatoms. The number of amides is 1. The molecule has 1 fully saturated rings. The number of carbonyl (C=O) groups is 1. The van der Waals surface area contributed by atoms with E-state index in [1.165, 1.54) is 0 Å². The van der Waals surface area contributed by atoms with Crippen LogP contribution < -0.4 is 10.1 Å². The molecule has 1 aromatic carbocycles. The Morgan fingerprint density at radius 1 is 1.32 bits per heavy atom. The zero-order valence-corrected chi connectivity index (χ0v) is 14.7.